The number of aryl methyl sites for hydroxylation is 1. The number of carbonyl (C=O) groups excluding carboxylic acids is 1. The molecule has 7 nitrogen and oxygen atoms in total. The van der Waals surface area contributed by atoms with Crippen molar-refractivity contribution in [3.05, 3.63) is 53.9 Å². The van der Waals surface area contributed by atoms with E-state index in [0.29, 0.717) is 37.1 Å². The molecule has 26 heavy (non-hydrogen) atoms. The van der Waals surface area contributed by atoms with Crippen LogP contribution >= 0.6 is 0 Å². The van der Waals surface area contributed by atoms with Crippen LogP contribution in [0.4, 0.5) is 0 Å². The number of carbonyl (C=O) groups is 1. The van der Waals surface area contributed by atoms with Crippen LogP contribution in [0, 0.1) is 12.8 Å². The number of rotatable bonds is 4. The predicted molar refractivity (Wildman–Crippen MR) is 94.8 cm³/mol. The van der Waals surface area contributed by atoms with E-state index in [0.717, 1.165) is 10.8 Å². The van der Waals surface area contributed by atoms with Crippen LogP contribution in [-0.2, 0) is 4.74 Å². The second-order valence-electron chi connectivity index (χ2n) is 6.59. The molecule has 2 aromatic heterocycles. The monoisotopic (exact) mass is 352 g/mol. The largest absolute Gasteiger partial charge is 0.384 e. The molecule has 1 aliphatic heterocycles. The number of amides is 1. The summed E-state index contributed by atoms with van der Waals surface area (Å²) in [6.45, 7) is 3.40. The van der Waals surface area contributed by atoms with Gasteiger partial charge in [0, 0.05) is 37.7 Å². The molecule has 1 aliphatic rings. The Bertz CT molecular complexity index is 934. The summed E-state index contributed by atoms with van der Waals surface area (Å²) < 4.78 is 10.7. The number of benzene rings is 1. The van der Waals surface area contributed by atoms with Gasteiger partial charge in [-0.25, -0.2) is 0 Å². The minimum atomic E-state index is -0.0818. The van der Waals surface area contributed by atoms with Crippen LogP contribution < -0.4 is 0 Å². The third-order valence-corrected chi connectivity index (χ3v) is 4.85. The Morgan fingerprint density at radius 1 is 1.31 bits per heavy atom. The molecule has 0 radical (unpaired) electrons. The smallest absolute Gasteiger partial charge is 0.273 e. The van der Waals surface area contributed by atoms with E-state index in [1.165, 1.54) is 0 Å². The number of ether oxygens (including phenoxy) is 1. The SMILES string of the molecule is COC[C@@H]1CN(C(=O)c2nccc3ccccc23)C[C@H]1c1nc(C)no1. The number of hydrogen-bond acceptors (Lipinski definition) is 6. The first-order chi connectivity index (χ1) is 12.7. The number of nitrogens with zero attached hydrogens (tertiary/aromatic N) is 4. The van der Waals surface area contributed by atoms with Crippen molar-refractivity contribution in [3.8, 4) is 0 Å². The molecule has 0 saturated carbocycles. The van der Waals surface area contributed by atoms with Crippen molar-refractivity contribution >= 4 is 16.7 Å². The van der Waals surface area contributed by atoms with Gasteiger partial charge in [-0.3, -0.25) is 9.78 Å². The third-order valence-electron chi connectivity index (χ3n) is 4.85. The highest BCUT2D eigenvalue weighted by Crippen LogP contribution is 2.33. The second-order valence-corrected chi connectivity index (χ2v) is 6.59. The lowest BCUT2D eigenvalue weighted by Crippen LogP contribution is -2.30. The summed E-state index contributed by atoms with van der Waals surface area (Å²) in [6.07, 6.45) is 1.68. The van der Waals surface area contributed by atoms with Crippen molar-refractivity contribution in [2.75, 3.05) is 26.8 Å². The summed E-state index contributed by atoms with van der Waals surface area (Å²) in [5, 5.41) is 5.75. The highest BCUT2D eigenvalue weighted by atomic mass is 16.5. The molecular formula is C19H20N4O3. The van der Waals surface area contributed by atoms with Crippen LogP contribution in [0.1, 0.15) is 28.1 Å². The van der Waals surface area contributed by atoms with Crippen molar-refractivity contribution in [2.24, 2.45) is 5.92 Å². The van der Waals surface area contributed by atoms with Gasteiger partial charge in [-0.15, -0.1) is 0 Å². The zero-order valence-electron chi connectivity index (χ0n) is 14.8. The maximum Gasteiger partial charge on any atom is 0.273 e. The van der Waals surface area contributed by atoms with Crippen LogP contribution in [0.2, 0.25) is 0 Å². The first-order valence-electron chi connectivity index (χ1n) is 8.59. The van der Waals surface area contributed by atoms with E-state index < -0.39 is 0 Å². The second kappa shape index (κ2) is 6.84. The molecule has 0 aliphatic carbocycles. The van der Waals surface area contributed by atoms with Gasteiger partial charge in [0.15, 0.2) is 5.82 Å². The van der Waals surface area contributed by atoms with Crippen molar-refractivity contribution in [1.82, 2.24) is 20.0 Å². The summed E-state index contributed by atoms with van der Waals surface area (Å²) >= 11 is 0. The molecule has 1 saturated heterocycles. The average Bonchev–Trinajstić information content (AvgIpc) is 3.27. The normalized spacial score (nSPS) is 20.0. The fraction of sp³-hybridized carbons (Fsp3) is 0.368. The summed E-state index contributed by atoms with van der Waals surface area (Å²) in [5.74, 6) is 1.15. The van der Waals surface area contributed by atoms with Gasteiger partial charge in [-0.2, -0.15) is 4.98 Å². The van der Waals surface area contributed by atoms with Crippen molar-refractivity contribution < 1.29 is 14.1 Å². The predicted octanol–water partition coefficient (Wildman–Crippen LogP) is 2.43. The van der Waals surface area contributed by atoms with Gasteiger partial charge in [0.2, 0.25) is 5.89 Å². The van der Waals surface area contributed by atoms with Crippen molar-refractivity contribution in [1.29, 1.82) is 0 Å². The highest BCUT2D eigenvalue weighted by Gasteiger charge is 2.40. The van der Waals surface area contributed by atoms with E-state index in [1.54, 1.807) is 20.2 Å². The van der Waals surface area contributed by atoms with Crippen LogP contribution in [0.5, 0.6) is 0 Å². The number of hydrogen-bond donors (Lipinski definition) is 0. The van der Waals surface area contributed by atoms with Crippen LogP contribution in [0.25, 0.3) is 10.8 Å². The topological polar surface area (TPSA) is 81.4 Å². The molecule has 3 heterocycles. The highest BCUT2D eigenvalue weighted by molar-refractivity contribution is 6.05. The minimum absolute atomic E-state index is 0.0323. The summed E-state index contributed by atoms with van der Waals surface area (Å²) in [5.41, 5.74) is 0.474. The molecule has 0 N–H and O–H groups in total. The van der Waals surface area contributed by atoms with Crippen molar-refractivity contribution in [2.45, 2.75) is 12.8 Å². The molecule has 2 atom stereocenters. The van der Waals surface area contributed by atoms with Crippen LogP contribution in [0.3, 0.4) is 0 Å². The lowest BCUT2D eigenvalue weighted by atomic mass is 9.97. The molecule has 1 fully saturated rings. The summed E-state index contributed by atoms with van der Waals surface area (Å²) in [4.78, 5) is 23.7. The minimum Gasteiger partial charge on any atom is -0.384 e. The van der Waals surface area contributed by atoms with E-state index in [2.05, 4.69) is 15.1 Å². The number of aromatic nitrogens is 3. The molecule has 4 rings (SSSR count). The van der Waals surface area contributed by atoms with E-state index in [4.69, 9.17) is 9.26 Å². The van der Waals surface area contributed by atoms with Gasteiger partial charge in [-0.05, 0) is 18.4 Å². The Morgan fingerprint density at radius 2 is 2.15 bits per heavy atom. The van der Waals surface area contributed by atoms with Gasteiger partial charge >= 0.3 is 0 Å². The lowest BCUT2D eigenvalue weighted by Gasteiger charge is -2.16. The van der Waals surface area contributed by atoms with E-state index >= 15 is 0 Å². The summed E-state index contributed by atoms with van der Waals surface area (Å²) in [7, 11) is 1.66. The number of methoxy groups -OCH3 is 1. The fourth-order valence-corrected chi connectivity index (χ4v) is 3.60. The Kier molecular flexibility index (Phi) is 4.38. The standard InChI is InChI=1S/C19H20N4O3/c1-12-21-18(26-22-12)16-10-23(9-14(16)11-25-2)19(24)17-15-6-4-3-5-13(15)7-8-20-17/h3-8,14,16H,9-11H2,1-2H3/t14-,16+/m0/s1. The van der Waals surface area contributed by atoms with Gasteiger partial charge in [0.05, 0.1) is 12.5 Å². The summed E-state index contributed by atoms with van der Waals surface area (Å²) in [6, 6.07) is 9.69. The maximum atomic E-state index is 13.1. The van der Waals surface area contributed by atoms with Gasteiger partial charge in [0.25, 0.3) is 5.91 Å². The molecule has 0 bridgehead atoms. The first kappa shape index (κ1) is 16.7. The van der Waals surface area contributed by atoms with Crippen molar-refractivity contribution in [3.63, 3.8) is 0 Å². The average molecular weight is 352 g/mol. The van der Waals surface area contributed by atoms with Crippen LogP contribution in [-0.4, -0.2) is 52.7 Å². The third kappa shape index (κ3) is 2.94. The van der Waals surface area contributed by atoms with E-state index in [9.17, 15) is 4.79 Å². The molecule has 3 aromatic rings. The number of fused-ring (bicyclic) bond motifs is 1. The Balaban J connectivity index is 1.64. The number of pyridine rings is 1. The van der Waals surface area contributed by atoms with Gasteiger partial charge in [0.1, 0.15) is 5.69 Å². The molecule has 134 valence electrons. The molecule has 0 spiro atoms. The molecule has 0 unspecified atom stereocenters. The quantitative estimate of drug-likeness (QED) is 0.717. The molecule has 1 amide bonds. The Labute approximate surface area is 151 Å². The van der Waals surface area contributed by atoms with Gasteiger partial charge < -0.3 is 14.2 Å². The lowest BCUT2D eigenvalue weighted by molar-refractivity contribution is 0.0772. The molecule has 1 aromatic carbocycles. The molecular weight excluding hydrogens is 332 g/mol. The number of likely N-dealkylation sites (tertiary alicyclic amines) is 1. The van der Waals surface area contributed by atoms with Crippen LogP contribution in [0.15, 0.2) is 41.1 Å². The van der Waals surface area contributed by atoms with E-state index in [1.807, 2.05) is 35.2 Å². The first-order valence-corrected chi connectivity index (χ1v) is 8.59. The molecule has 7 heteroatoms. The zero-order chi connectivity index (χ0) is 18.1. The Hall–Kier alpha value is -2.80. The Morgan fingerprint density at radius 3 is 2.92 bits per heavy atom. The van der Waals surface area contributed by atoms with Gasteiger partial charge in [-0.1, -0.05) is 29.4 Å². The fourth-order valence-electron chi connectivity index (χ4n) is 3.60. The van der Waals surface area contributed by atoms with E-state index in [-0.39, 0.29) is 17.7 Å². The maximum absolute atomic E-state index is 13.1. The zero-order valence-corrected chi connectivity index (χ0v) is 14.8.